The molecule has 1 atom stereocenters. The summed E-state index contributed by atoms with van der Waals surface area (Å²) in [5.41, 5.74) is 7.98. The van der Waals surface area contributed by atoms with Gasteiger partial charge in [-0.15, -0.1) is 0 Å². The lowest BCUT2D eigenvalue weighted by Crippen LogP contribution is -2.42. The van der Waals surface area contributed by atoms with Gasteiger partial charge in [-0.25, -0.2) is 4.79 Å². The summed E-state index contributed by atoms with van der Waals surface area (Å²) in [6.45, 7) is -0.472. The van der Waals surface area contributed by atoms with Crippen LogP contribution in [0.4, 0.5) is 0 Å². The van der Waals surface area contributed by atoms with Gasteiger partial charge in [0.2, 0.25) is 11.8 Å². The van der Waals surface area contributed by atoms with Crippen molar-refractivity contribution in [3.63, 3.8) is 0 Å². The van der Waals surface area contributed by atoms with E-state index in [2.05, 4.69) is 20.7 Å². The van der Waals surface area contributed by atoms with Crippen LogP contribution in [-0.4, -0.2) is 42.5 Å². The van der Waals surface area contributed by atoms with E-state index in [0.717, 1.165) is 0 Å². The van der Waals surface area contributed by atoms with Crippen molar-refractivity contribution in [2.75, 3.05) is 13.6 Å². The van der Waals surface area contributed by atoms with Crippen molar-refractivity contribution in [3.05, 3.63) is 10.4 Å². The lowest BCUT2D eigenvalue weighted by Gasteiger charge is -2.12. The second-order valence-corrected chi connectivity index (χ2v) is 3.06. The number of amides is 2. The molecule has 0 spiro atoms. The van der Waals surface area contributed by atoms with Crippen molar-refractivity contribution in [2.45, 2.75) is 18.9 Å². The van der Waals surface area contributed by atoms with Crippen LogP contribution in [-0.2, 0) is 14.4 Å². The molecule has 0 saturated heterocycles. The van der Waals surface area contributed by atoms with Gasteiger partial charge in [-0.3, -0.25) is 9.59 Å². The Bertz CT molecular complexity index is 350. The Hall–Kier alpha value is -2.28. The van der Waals surface area contributed by atoms with E-state index in [1.165, 1.54) is 7.05 Å². The molecule has 0 aromatic heterocycles. The van der Waals surface area contributed by atoms with E-state index in [1.54, 1.807) is 0 Å². The maximum atomic E-state index is 11.1. The lowest BCUT2D eigenvalue weighted by molar-refractivity contribution is -0.142. The van der Waals surface area contributed by atoms with Gasteiger partial charge >= 0.3 is 5.97 Å². The van der Waals surface area contributed by atoms with Gasteiger partial charge in [0.05, 0.1) is 0 Å². The highest BCUT2D eigenvalue weighted by atomic mass is 16.4. The van der Waals surface area contributed by atoms with Crippen molar-refractivity contribution in [2.24, 2.45) is 5.11 Å². The molecule has 0 heterocycles. The summed E-state index contributed by atoms with van der Waals surface area (Å²) in [6.07, 6.45) is -0.0493. The lowest BCUT2D eigenvalue weighted by atomic mass is 10.1. The summed E-state index contributed by atoms with van der Waals surface area (Å²) in [7, 11) is 1.43. The molecule has 9 heteroatoms. The maximum Gasteiger partial charge on any atom is 0.326 e. The molecule has 2 amide bonds. The van der Waals surface area contributed by atoms with E-state index >= 15 is 0 Å². The van der Waals surface area contributed by atoms with Crippen LogP contribution in [0.2, 0.25) is 0 Å². The molecule has 0 saturated carbocycles. The summed E-state index contributed by atoms with van der Waals surface area (Å²) < 4.78 is 0. The van der Waals surface area contributed by atoms with Gasteiger partial charge in [-0.2, -0.15) is 0 Å². The molecule has 0 aliphatic heterocycles. The molecule has 1 unspecified atom stereocenters. The normalized spacial score (nSPS) is 10.9. The summed E-state index contributed by atoms with van der Waals surface area (Å²) in [5.74, 6) is -2.27. The Morgan fingerprint density at radius 2 is 2.06 bits per heavy atom. The molecule has 0 aliphatic rings. The number of rotatable bonds is 7. The van der Waals surface area contributed by atoms with E-state index in [0.29, 0.717) is 0 Å². The second kappa shape index (κ2) is 7.94. The summed E-state index contributed by atoms with van der Waals surface area (Å²) >= 11 is 0. The second-order valence-electron chi connectivity index (χ2n) is 3.06. The molecule has 0 aliphatic carbocycles. The number of nitrogens with zero attached hydrogens (tertiary/aromatic N) is 3. The van der Waals surface area contributed by atoms with Crippen LogP contribution in [0, 0.1) is 0 Å². The van der Waals surface area contributed by atoms with E-state index in [9.17, 15) is 14.4 Å². The number of aliphatic carboxylic acids is 1. The van der Waals surface area contributed by atoms with Gasteiger partial charge in [0.1, 0.15) is 12.6 Å². The molecule has 94 valence electrons. The van der Waals surface area contributed by atoms with Gasteiger partial charge in [0.25, 0.3) is 0 Å². The predicted molar refractivity (Wildman–Crippen MR) is 56.9 cm³/mol. The zero-order valence-corrected chi connectivity index (χ0v) is 9.21. The Morgan fingerprint density at radius 3 is 2.53 bits per heavy atom. The Kier molecular flexibility index (Phi) is 6.88. The number of carboxylic acids is 1. The third-order valence-electron chi connectivity index (χ3n) is 1.85. The van der Waals surface area contributed by atoms with Gasteiger partial charge in [-0.1, -0.05) is 5.11 Å². The molecule has 0 aromatic carbocycles. The number of carboxylic acid groups (broad SMARTS) is 1. The SMILES string of the molecule is CNC(=O)CCC(NC(=O)CN=[N+]=[N-])C(=O)O. The topological polar surface area (TPSA) is 144 Å². The van der Waals surface area contributed by atoms with Crippen LogP contribution in [0.15, 0.2) is 5.11 Å². The quantitative estimate of drug-likeness (QED) is 0.311. The first-order chi connectivity index (χ1) is 8.01. The molecule has 0 radical (unpaired) electrons. The maximum absolute atomic E-state index is 11.1. The number of azide groups is 1. The van der Waals surface area contributed by atoms with Gasteiger partial charge in [0, 0.05) is 18.4 Å². The van der Waals surface area contributed by atoms with E-state index in [1.807, 2.05) is 0 Å². The number of hydrogen-bond acceptors (Lipinski definition) is 4. The summed E-state index contributed by atoms with van der Waals surface area (Å²) in [6, 6.07) is -1.17. The average Bonchev–Trinajstić information content (AvgIpc) is 2.30. The van der Waals surface area contributed by atoms with Crippen molar-refractivity contribution in [1.82, 2.24) is 10.6 Å². The summed E-state index contributed by atoms with van der Waals surface area (Å²) in [5, 5.41) is 16.3. The van der Waals surface area contributed by atoms with Crippen molar-refractivity contribution >= 4 is 17.8 Å². The molecule has 9 nitrogen and oxygen atoms in total. The highest BCUT2D eigenvalue weighted by Gasteiger charge is 2.20. The standard InChI is InChI=1S/C8H13N5O4/c1-10-6(14)3-2-5(8(16)17)12-7(15)4-11-13-9/h5H,2-4H2,1H3,(H,10,14)(H,12,15)(H,16,17). The third kappa shape index (κ3) is 6.74. The summed E-state index contributed by atoms with van der Waals surface area (Å²) in [4.78, 5) is 35.1. The predicted octanol–water partition coefficient (Wildman–Crippen LogP) is -0.608. The van der Waals surface area contributed by atoms with Crippen molar-refractivity contribution in [3.8, 4) is 0 Å². The van der Waals surface area contributed by atoms with Crippen molar-refractivity contribution in [1.29, 1.82) is 0 Å². The average molecular weight is 243 g/mol. The van der Waals surface area contributed by atoms with Gasteiger partial charge in [0.15, 0.2) is 0 Å². The minimum atomic E-state index is -1.25. The fourth-order valence-corrected chi connectivity index (χ4v) is 0.994. The number of carbonyl (C=O) groups is 3. The highest BCUT2D eigenvalue weighted by molar-refractivity contribution is 5.85. The number of nitrogens with one attached hydrogen (secondary N) is 2. The molecule has 17 heavy (non-hydrogen) atoms. The fourth-order valence-electron chi connectivity index (χ4n) is 0.994. The Morgan fingerprint density at radius 1 is 1.41 bits per heavy atom. The molecule has 0 bridgehead atoms. The Balaban J connectivity index is 4.24. The van der Waals surface area contributed by atoms with E-state index in [-0.39, 0.29) is 18.7 Å². The molecular formula is C8H13N5O4. The van der Waals surface area contributed by atoms with Crippen LogP contribution in [0.5, 0.6) is 0 Å². The molecular weight excluding hydrogens is 230 g/mol. The number of carbonyl (C=O) groups excluding carboxylic acids is 2. The van der Waals surface area contributed by atoms with E-state index < -0.39 is 24.5 Å². The van der Waals surface area contributed by atoms with Crippen LogP contribution in [0.25, 0.3) is 10.4 Å². The molecule has 0 fully saturated rings. The minimum Gasteiger partial charge on any atom is -0.480 e. The fraction of sp³-hybridized carbons (Fsp3) is 0.625. The minimum absolute atomic E-state index is 0.0186. The van der Waals surface area contributed by atoms with Gasteiger partial charge < -0.3 is 15.7 Å². The monoisotopic (exact) mass is 243 g/mol. The smallest absolute Gasteiger partial charge is 0.326 e. The van der Waals surface area contributed by atoms with Crippen LogP contribution < -0.4 is 10.6 Å². The molecule has 3 N–H and O–H groups in total. The molecule has 0 rings (SSSR count). The van der Waals surface area contributed by atoms with Crippen molar-refractivity contribution < 1.29 is 19.5 Å². The van der Waals surface area contributed by atoms with Crippen LogP contribution >= 0.6 is 0 Å². The van der Waals surface area contributed by atoms with Crippen LogP contribution in [0.1, 0.15) is 12.8 Å². The largest absolute Gasteiger partial charge is 0.480 e. The zero-order valence-electron chi connectivity index (χ0n) is 9.21. The number of hydrogen-bond donors (Lipinski definition) is 3. The first kappa shape index (κ1) is 14.7. The first-order valence-corrected chi connectivity index (χ1v) is 4.74. The van der Waals surface area contributed by atoms with Gasteiger partial charge in [-0.05, 0) is 12.0 Å². The highest BCUT2D eigenvalue weighted by Crippen LogP contribution is 1.98. The Labute approximate surface area is 96.8 Å². The third-order valence-corrected chi connectivity index (χ3v) is 1.85. The van der Waals surface area contributed by atoms with Crippen LogP contribution in [0.3, 0.4) is 0 Å². The van der Waals surface area contributed by atoms with E-state index in [4.69, 9.17) is 10.6 Å². The zero-order chi connectivity index (χ0) is 13.3. The molecule has 0 aromatic rings. The first-order valence-electron chi connectivity index (χ1n) is 4.74.